The number of hydrogen-bond acceptors (Lipinski definition) is 5. The average Bonchev–Trinajstić information content (AvgIpc) is 2.88. The number of ether oxygens (including phenoxy) is 1. The maximum atomic E-state index is 12.6. The molecule has 8 heteroatoms. The Kier molecular flexibility index (Phi) is 5.48. The van der Waals surface area contributed by atoms with E-state index in [-0.39, 0.29) is 28.5 Å². The zero-order valence-electron chi connectivity index (χ0n) is 16.7. The molecule has 0 unspecified atom stereocenters. The largest absolute Gasteiger partial charge is 0.454 e. The summed E-state index contributed by atoms with van der Waals surface area (Å²) in [7, 11) is -3.55. The molecule has 3 aromatic rings. The molecule has 2 amide bonds. The lowest BCUT2D eigenvalue weighted by atomic mass is 10.1. The first-order chi connectivity index (χ1) is 14.8. The van der Waals surface area contributed by atoms with E-state index in [1.54, 1.807) is 36.4 Å². The number of rotatable bonds is 5. The van der Waals surface area contributed by atoms with E-state index in [0.29, 0.717) is 22.9 Å². The normalized spacial score (nSPS) is 12.6. The quantitative estimate of drug-likeness (QED) is 0.626. The van der Waals surface area contributed by atoms with Gasteiger partial charge in [0, 0.05) is 12.1 Å². The second-order valence-corrected chi connectivity index (χ2v) is 9.31. The van der Waals surface area contributed by atoms with Crippen molar-refractivity contribution in [1.82, 2.24) is 0 Å². The first kappa shape index (κ1) is 20.6. The van der Waals surface area contributed by atoms with Crippen LogP contribution in [-0.2, 0) is 14.6 Å². The zero-order valence-corrected chi connectivity index (χ0v) is 17.5. The predicted molar refractivity (Wildman–Crippen MR) is 117 cm³/mol. The second kappa shape index (κ2) is 8.23. The zero-order chi connectivity index (χ0) is 22.0. The standard InChI is InChI=1S/C23H20N2O5S/c1-15-7-9-21-19(13-15)25-23(27)18-14-16(8-10-20(18)30-21)24-22(26)11-12-31(28,29)17-5-3-2-4-6-17/h2-10,13-14H,11-12H2,1H3,(H,24,26)(H,25,27). The summed E-state index contributed by atoms with van der Waals surface area (Å²) in [5, 5.41) is 5.46. The lowest BCUT2D eigenvalue weighted by molar-refractivity contribution is -0.115. The Labute approximate surface area is 180 Å². The van der Waals surface area contributed by atoms with Crippen LogP contribution >= 0.6 is 0 Å². The fraction of sp³-hybridized carbons (Fsp3) is 0.130. The summed E-state index contributed by atoms with van der Waals surface area (Å²) in [6, 6.07) is 18.2. The fourth-order valence-electron chi connectivity index (χ4n) is 3.21. The number of fused-ring (bicyclic) bond motifs is 2. The molecular weight excluding hydrogens is 416 g/mol. The molecule has 0 saturated heterocycles. The molecule has 0 fully saturated rings. The summed E-state index contributed by atoms with van der Waals surface area (Å²) in [5.74, 6) is -0.243. The van der Waals surface area contributed by atoms with Gasteiger partial charge in [0.15, 0.2) is 15.6 Å². The molecule has 1 aliphatic rings. The maximum Gasteiger partial charge on any atom is 0.259 e. The molecule has 0 aromatic heterocycles. The molecule has 1 heterocycles. The van der Waals surface area contributed by atoms with E-state index in [0.717, 1.165) is 5.56 Å². The van der Waals surface area contributed by atoms with Crippen LogP contribution in [0.25, 0.3) is 0 Å². The van der Waals surface area contributed by atoms with Crippen LogP contribution in [0.4, 0.5) is 11.4 Å². The number of benzene rings is 3. The Balaban J connectivity index is 1.46. The van der Waals surface area contributed by atoms with Gasteiger partial charge in [-0.15, -0.1) is 0 Å². The third-order valence-electron chi connectivity index (χ3n) is 4.81. The van der Waals surface area contributed by atoms with Gasteiger partial charge in [-0.2, -0.15) is 0 Å². The number of sulfone groups is 1. The van der Waals surface area contributed by atoms with Crippen molar-refractivity contribution in [3.63, 3.8) is 0 Å². The highest BCUT2D eigenvalue weighted by atomic mass is 32.2. The number of nitrogens with one attached hydrogen (secondary N) is 2. The van der Waals surface area contributed by atoms with Crippen LogP contribution in [0.3, 0.4) is 0 Å². The minimum Gasteiger partial charge on any atom is -0.454 e. The van der Waals surface area contributed by atoms with E-state index in [2.05, 4.69) is 10.6 Å². The van der Waals surface area contributed by atoms with Crippen LogP contribution in [0.1, 0.15) is 22.3 Å². The van der Waals surface area contributed by atoms with Crippen LogP contribution in [0.2, 0.25) is 0 Å². The first-order valence-electron chi connectivity index (χ1n) is 9.63. The average molecular weight is 436 g/mol. The molecule has 0 atom stereocenters. The van der Waals surface area contributed by atoms with Crippen LogP contribution in [0.15, 0.2) is 71.6 Å². The molecule has 2 N–H and O–H groups in total. The molecule has 31 heavy (non-hydrogen) atoms. The highest BCUT2D eigenvalue weighted by molar-refractivity contribution is 7.91. The van der Waals surface area contributed by atoms with Crippen molar-refractivity contribution < 1.29 is 22.7 Å². The van der Waals surface area contributed by atoms with Gasteiger partial charge in [-0.3, -0.25) is 9.59 Å². The van der Waals surface area contributed by atoms with E-state index in [1.165, 1.54) is 18.2 Å². The van der Waals surface area contributed by atoms with E-state index >= 15 is 0 Å². The summed E-state index contributed by atoms with van der Waals surface area (Å²) in [5.41, 5.74) is 2.19. The smallest absolute Gasteiger partial charge is 0.259 e. The van der Waals surface area contributed by atoms with Crippen LogP contribution in [0, 0.1) is 6.92 Å². The number of amides is 2. The molecule has 4 rings (SSSR count). The summed E-state index contributed by atoms with van der Waals surface area (Å²) in [6.45, 7) is 1.91. The number of carbonyl (C=O) groups is 2. The Hall–Kier alpha value is -3.65. The molecule has 0 radical (unpaired) electrons. The topological polar surface area (TPSA) is 102 Å². The molecule has 7 nitrogen and oxygen atoms in total. The molecule has 0 bridgehead atoms. The number of hydrogen-bond donors (Lipinski definition) is 2. The van der Waals surface area contributed by atoms with Gasteiger partial charge in [0.2, 0.25) is 5.91 Å². The van der Waals surface area contributed by atoms with E-state index in [9.17, 15) is 18.0 Å². The lowest BCUT2D eigenvalue weighted by Crippen LogP contribution is -2.18. The van der Waals surface area contributed by atoms with Gasteiger partial charge in [-0.25, -0.2) is 8.42 Å². The van der Waals surface area contributed by atoms with Gasteiger partial charge in [-0.1, -0.05) is 24.3 Å². The second-order valence-electron chi connectivity index (χ2n) is 7.20. The van der Waals surface area contributed by atoms with Crippen LogP contribution in [0.5, 0.6) is 11.5 Å². The summed E-state index contributed by atoms with van der Waals surface area (Å²) in [6.07, 6.45) is -0.207. The molecular formula is C23H20N2O5S. The summed E-state index contributed by atoms with van der Waals surface area (Å²) < 4.78 is 30.5. The Morgan fingerprint density at radius 3 is 2.52 bits per heavy atom. The van der Waals surface area contributed by atoms with Crippen molar-refractivity contribution >= 4 is 33.0 Å². The summed E-state index contributed by atoms with van der Waals surface area (Å²) in [4.78, 5) is 25.1. The maximum absolute atomic E-state index is 12.6. The molecule has 3 aromatic carbocycles. The predicted octanol–water partition coefficient (Wildman–Crippen LogP) is 4.16. The fourth-order valence-corrected chi connectivity index (χ4v) is 4.47. The van der Waals surface area contributed by atoms with Crippen molar-refractivity contribution in [2.45, 2.75) is 18.2 Å². The van der Waals surface area contributed by atoms with Gasteiger partial charge in [0.1, 0.15) is 5.75 Å². The minimum atomic E-state index is -3.55. The van der Waals surface area contributed by atoms with Crippen LogP contribution < -0.4 is 15.4 Å². The Bertz CT molecular complexity index is 1270. The van der Waals surface area contributed by atoms with E-state index in [4.69, 9.17) is 4.74 Å². The van der Waals surface area contributed by atoms with Crippen molar-refractivity contribution in [2.24, 2.45) is 0 Å². The van der Waals surface area contributed by atoms with Gasteiger partial charge in [0.05, 0.1) is 21.9 Å². The van der Waals surface area contributed by atoms with Gasteiger partial charge < -0.3 is 15.4 Å². The van der Waals surface area contributed by atoms with Crippen molar-refractivity contribution in [2.75, 3.05) is 16.4 Å². The molecule has 158 valence electrons. The number of anilines is 2. The molecule has 0 spiro atoms. The highest BCUT2D eigenvalue weighted by Crippen LogP contribution is 2.37. The first-order valence-corrected chi connectivity index (χ1v) is 11.3. The Morgan fingerprint density at radius 1 is 1.00 bits per heavy atom. The van der Waals surface area contributed by atoms with Crippen molar-refractivity contribution in [3.05, 3.63) is 77.9 Å². The highest BCUT2D eigenvalue weighted by Gasteiger charge is 2.22. The van der Waals surface area contributed by atoms with Crippen LogP contribution in [-0.4, -0.2) is 26.0 Å². The minimum absolute atomic E-state index is 0.177. The lowest BCUT2D eigenvalue weighted by Gasteiger charge is -2.10. The third kappa shape index (κ3) is 4.59. The Morgan fingerprint density at radius 2 is 1.74 bits per heavy atom. The number of aryl methyl sites for hydroxylation is 1. The number of carbonyl (C=O) groups excluding carboxylic acids is 2. The SMILES string of the molecule is Cc1ccc2c(c1)NC(=O)c1cc(NC(=O)CCS(=O)(=O)c3ccccc3)ccc1O2. The van der Waals surface area contributed by atoms with Crippen molar-refractivity contribution in [3.8, 4) is 11.5 Å². The molecule has 0 aliphatic carbocycles. The summed E-state index contributed by atoms with van der Waals surface area (Å²) >= 11 is 0. The van der Waals surface area contributed by atoms with E-state index < -0.39 is 15.7 Å². The van der Waals surface area contributed by atoms with Gasteiger partial charge in [0.25, 0.3) is 5.91 Å². The van der Waals surface area contributed by atoms with E-state index in [1.807, 2.05) is 19.1 Å². The van der Waals surface area contributed by atoms with Crippen molar-refractivity contribution in [1.29, 1.82) is 0 Å². The molecule has 1 aliphatic heterocycles. The van der Waals surface area contributed by atoms with Gasteiger partial charge in [-0.05, 0) is 55.0 Å². The third-order valence-corrected chi connectivity index (χ3v) is 6.54. The van der Waals surface area contributed by atoms with Gasteiger partial charge >= 0.3 is 0 Å². The monoisotopic (exact) mass is 436 g/mol. The molecule has 0 saturated carbocycles.